The zero-order chi connectivity index (χ0) is 28.8. The number of ether oxygens (including phenoxy) is 1. The Morgan fingerprint density at radius 3 is 2.34 bits per heavy atom. The van der Waals surface area contributed by atoms with Crippen LogP contribution in [0.3, 0.4) is 0 Å². The highest BCUT2D eigenvalue weighted by molar-refractivity contribution is 7.92. The number of sulfonamides is 1. The summed E-state index contributed by atoms with van der Waals surface area (Å²) < 4.78 is 31.0. The summed E-state index contributed by atoms with van der Waals surface area (Å²) >= 11 is 0. The van der Waals surface area contributed by atoms with Gasteiger partial charge < -0.3 is 9.84 Å². The molecule has 1 aliphatic rings. The number of piperidine rings is 1. The van der Waals surface area contributed by atoms with Gasteiger partial charge in [-0.1, -0.05) is 48.5 Å². The molecular weight excluding hydrogens is 540 g/mol. The molecule has 1 aliphatic heterocycles. The van der Waals surface area contributed by atoms with Crippen molar-refractivity contribution in [1.29, 1.82) is 0 Å². The molecule has 3 aromatic carbocycles. The van der Waals surface area contributed by atoms with Crippen LogP contribution in [0.25, 0.3) is 11.1 Å². The SMILES string of the molecule is CS(=O)(=O)Nc1ccc(Oc2ccc(CN3CCC(c4c(NC(=O)O)cccc4-c4ccccc4)CC3)cn2)cc1. The Morgan fingerprint density at radius 1 is 0.976 bits per heavy atom. The minimum atomic E-state index is -3.33. The molecule has 0 atom stereocenters. The average Bonchev–Trinajstić information content (AvgIpc) is 2.95. The molecule has 1 saturated heterocycles. The van der Waals surface area contributed by atoms with Gasteiger partial charge in [-0.3, -0.25) is 14.9 Å². The fourth-order valence-corrected chi connectivity index (χ4v) is 5.79. The van der Waals surface area contributed by atoms with Crippen LogP contribution in [0.5, 0.6) is 11.6 Å². The van der Waals surface area contributed by atoms with Crippen LogP contribution in [0.2, 0.25) is 0 Å². The van der Waals surface area contributed by atoms with E-state index in [2.05, 4.69) is 38.1 Å². The number of likely N-dealkylation sites (tertiary alicyclic amines) is 1. The molecule has 0 saturated carbocycles. The largest absolute Gasteiger partial charge is 0.465 e. The summed E-state index contributed by atoms with van der Waals surface area (Å²) in [5.74, 6) is 1.24. The zero-order valence-electron chi connectivity index (χ0n) is 22.7. The molecule has 0 aliphatic carbocycles. The Kier molecular flexibility index (Phi) is 8.51. The van der Waals surface area contributed by atoms with Crippen molar-refractivity contribution in [3.63, 3.8) is 0 Å². The summed E-state index contributed by atoms with van der Waals surface area (Å²) in [5.41, 5.74) is 5.39. The minimum absolute atomic E-state index is 0.234. The molecular formula is C31H32N4O5S. The number of pyridine rings is 1. The molecule has 2 heterocycles. The maximum Gasteiger partial charge on any atom is 0.409 e. The van der Waals surface area contributed by atoms with E-state index in [1.807, 2.05) is 42.5 Å². The van der Waals surface area contributed by atoms with Gasteiger partial charge in [0.2, 0.25) is 15.9 Å². The summed E-state index contributed by atoms with van der Waals surface area (Å²) in [6, 6.07) is 26.4. The fourth-order valence-electron chi connectivity index (χ4n) is 5.23. The first-order valence-electron chi connectivity index (χ1n) is 13.3. The number of nitrogens with one attached hydrogen (secondary N) is 2. The number of aromatic nitrogens is 1. The van der Waals surface area contributed by atoms with Crippen LogP contribution in [0, 0.1) is 0 Å². The highest BCUT2D eigenvalue weighted by atomic mass is 32.2. The third kappa shape index (κ3) is 7.62. The summed E-state index contributed by atoms with van der Waals surface area (Å²) in [6.45, 7) is 2.52. The van der Waals surface area contributed by atoms with E-state index >= 15 is 0 Å². The quantitative estimate of drug-likeness (QED) is 0.213. The lowest BCUT2D eigenvalue weighted by Crippen LogP contribution is -2.33. The van der Waals surface area contributed by atoms with Crippen molar-refractivity contribution < 1.29 is 23.1 Å². The first-order chi connectivity index (χ1) is 19.7. The minimum Gasteiger partial charge on any atom is -0.465 e. The Morgan fingerprint density at radius 2 is 1.71 bits per heavy atom. The maximum absolute atomic E-state index is 11.5. The summed E-state index contributed by atoms with van der Waals surface area (Å²) in [6.07, 6.45) is 3.68. The second kappa shape index (κ2) is 12.4. The average molecular weight is 573 g/mol. The highest BCUT2D eigenvalue weighted by Crippen LogP contribution is 2.40. The standard InChI is InChI=1S/C31H32N4O5S/c1-41(38,39)34-25-11-13-26(14-12-25)40-29-15-10-22(20-32-29)21-35-18-16-24(17-19-35)30-27(23-6-3-2-4-7-23)8-5-9-28(30)33-31(36)37/h2-15,20,24,33-34H,16-19,21H2,1H3,(H,36,37). The van der Waals surface area contributed by atoms with Gasteiger partial charge in [-0.15, -0.1) is 0 Å². The van der Waals surface area contributed by atoms with E-state index in [0.717, 1.165) is 61.0 Å². The first kappa shape index (κ1) is 28.1. The molecule has 9 nitrogen and oxygen atoms in total. The van der Waals surface area contributed by atoms with E-state index in [4.69, 9.17) is 4.74 Å². The van der Waals surface area contributed by atoms with E-state index in [9.17, 15) is 18.3 Å². The van der Waals surface area contributed by atoms with Gasteiger partial charge in [-0.05, 0) is 84.4 Å². The molecule has 212 valence electrons. The third-order valence-corrected chi connectivity index (χ3v) is 7.62. The second-order valence-electron chi connectivity index (χ2n) is 10.1. The van der Waals surface area contributed by atoms with Crippen LogP contribution in [0.1, 0.15) is 29.9 Å². The number of hydrogen-bond donors (Lipinski definition) is 3. The van der Waals surface area contributed by atoms with Crippen molar-refractivity contribution in [2.45, 2.75) is 25.3 Å². The van der Waals surface area contributed by atoms with Gasteiger partial charge in [-0.2, -0.15) is 0 Å². The lowest BCUT2D eigenvalue weighted by atomic mass is 9.83. The number of anilines is 2. The lowest BCUT2D eigenvalue weighted by Gasteiger charge is -2.34. The smallest absolute Gasteiger partial charge is 0.409 e. The highest BCUT2D eigenvalue weighted by Gasteiger charge is 2.26. The van der Waals surface area contributed by atoms with Crippen LogP contribution >= 0.6 is 0 Å². The summed E-state index contributed by atoms with van der Waals surface area (Å²) in [4.78, 5) is 18.4. The molecule has 0 radical (unpaired) electrons. The molecule has 1 fully saturated rings. The van der Waals surface area contributed by atoms with Crippen molar-refractivity contribution in [2.24, 2.45) is 0 Å². The van der Waals surface area contributed by atoms with Crippen molar-refractivity contribution in [3.05, 3.63) is 102 Å². The number of hydrogen-bond acceptors (Lipinski definition) is 6. The van der Waals surface area contributed by atoms with E-state index in [1.54, 1.807) is 30.5 Å². The zero-order valence-corrected chi connectivity index (χ0v) is 23.5. The monoisotopic (exact) mass is 572 g/mol. The van der Waals surface area contributed by atoms with Crippen LogP contribution in [-0.4, -0.2) is 48.8 Å². The number of carboxylic acid groups (broad SMARTS) is 1. The van der Waals surface area contributed by atoms with Gasteiger partial charge in [0.25, 0.3) is 0 Å². The first-order valence-corrected chi connectivity index (χ1v) is 15.2. The topological polar surface area (TPSA) is 121 Å². The van der Waals surface area contributed by atoms with Crippen LogP contribution in [-0.2, 0) is 16.6 Å². The van der Waals surface area contributed by atoms with E-state index in [0.29, 0.717) is 23.0 Å². The molecule has 4 aromatic rings. The fraction of sp³-hybridized carbons (Fsp3) is 0.226. The number of amides is 1. The predicted octanol–water partition coefficient (Wildman–Crippen LogP) is 6.38. The number of nitrogens with zero attached hydrogens (tertiary/aromatic N) is 2. The van der Waals surface area contributed by atoms with Gasteiger partial charge in [0, 0.05) is 30.2 Å². The molecule has 5 rings (SSSR count). The number of carbonyl (C=O) groups is 1. The lowest BCUT2D eigenvalue weighted by molar-refractivity contribution is 0.204. The number of benzene rings is 3. The summed E-state index contributed by atoms with van der Waals surface area (Å²) in [5, 5.41) is 12.1. The van der Waals surface area contributed by atoms with Crippen molar-refractivity contribution in [2.75, 3.05) is 29.4 Å². The van der Waals surface area contributed by atoms with Crippen LogP contribution < -0.4 is 14.8 Å². The Labute approximate surface area is 239 Å². The number of rotatable bonds is 9. The van der Waals surface area contributed by atoms with Gasteiger partial charge in [0.15, 0.2) is 0 Å². The molecule has 0 unspecified atom stereocenters. The van der Waals surface area contributed by atoms with Gasteiger partial charge in [0.1, 0.15) is 5.75 Å². The predicted molar refractivity (Wildman–Crippen MR) is 160 cm³/mol. The molecule has 3 N–H and O–H groups in total. The Hall–Kier alpha value is -4.41. The van der Waals surface area contributed by atoms with Crippen molar-refractivity contribution in [3.8, 4) is 22.8 Å². The summed E-state index contributed by atoms with van der Waals surface area (Å²) in [7, 11) is -3.33. The van der Waals surface area contributed by atoms with Crippen LogP contribution in [0.15, 0.2) is 91.1 Å². The Balaban J connectivity index is 1.21. The maximum atomic E-state index is 11.5. The van der Waals surface area contributed by atoms with Gasteiger partial charge in [0.05, 0.1) is 6.26 Å². The van der Waals surface area contributed by atoms with Crippen molar-refractivity contribution in [1.82, 2.24) is 9.88 Å². The molecule has 1 amide bonds. The molecule has 41 heavy (non-hydrogen) atoms. The van der Waals surface area contributed by atoms with Gasteiger partial charge in [-0.25, -0.2) is 18.2 Å². The van der Waals surface area contributed by atoms with E-state index in [-0.39, 0.29) is 5.92 Å². The van der Waals surface area contributed by atoms with E-state index < -0.39 is 16.1 Å². The molecule has 10 heteroatoms. The third-order valence-electron chi connectivity index (χ3n) is 7.01. The second-order valence-corrected chi connectivity index (χ2v) is 11.9. The Bertz CT molecular complexity index is 1590. The van der Waals surface area contributed by atoms with Gasteiger partial charge >= 0.3 is 6.09 Å². The van der Waals surface area contributed by atoms with Crippen LogP contribution in [0.4, 0.5) is 16.2 Å². The molecule has 1 aromatic heterocycles. The van der Waals surface area contributed by atoms with Crippen molar-refractivity contribution >= 4 is 27.5 Å². The van der Waals surface area contributed by atoms with E-state index in [1.165, 1.54) is 0 Å². The molecule has 0 spiro atoms. The molecule has 0 bridgehead atoms. The normalized spacial score (nSPS) is 14.4.